The monoisotopic (exact) mass is 453 g/mol. The largest absolute Gasteiger partial charge is 0.465 e. The Hall–Kier alpha value is -3.69. The fourth-order valence-electron chi connectivity index (χ4n) is 2.06. The van der Waals surface area contributed by atoms with Gasteiger partial charge in [0, 0.05) is 6.54 Å². The second kappa shape index (κ2) is 17.0. The molecule has 0 atom stereocenters. The molecule has 0 saturated heterocycles. The van der Waals surface area contributed by atoms with Gasteiger partial charge in [0.15, 0.2) is 0 Å². The van der Waals surface area contributed by atoms with Gasteiger partial charge in [0.2, 0.25) is 0 Å². The summed E-state index contributed by atoms with van der Waals surface area (Å²) in [4.78, 5) is 57.5. The molecule has 0 fully saturated rings. The van der Waals surface area contributed by atoms with Gasteiger partial charge in [-0.1, -0.05) is 14.5 Å². The Bertz CT molecular complexity index is 679. The number of rotatable bonds is 16. The molecule has 0 aromatic heterocycles. The van der Waals surface area contributed by atoms with Crippen LogP contribution in [0.1, 0.15) is 25.7 Å². The molecule has 0 amide bonds. The topological polar surface area (TPSA) is 144 Å². The molecule has 0 aromatic carbocycles. The van der Waals surface area contributed by atoms with Crippen LogP contribution < -0.4 is 5.73 Å². The van der Waals surface area contributed by atoms with E-state index in [1.54, 1.807) is 0 Å². The SMILES string of the molecule is C#[N+]CCC(=O)OCC(COC(=O)CCN)(COC(=O)CC[N+]#C)COC(=O)CC[N+]#C. The van der Waals surface area contributed by atoms with E-state index in [1.165, 1.54) is 0 Å². The van der Waals surface area contributed by atoms with Crippen LogP contribution in [0, 0.1) is 25.1 Å². The maximum absolute atomic E-state index is 11.9. The predicted octanol–water partition coefficient (Wildman–Crippen LogP) is 0.553. The van der Waals surface area contributed by atoms with Crippen molar-refractivity contribution in [3.8, 4) is 19.7 Å². The predicted molar refractivity (Wildman–Crippen MR) is 113 cm³/mol. The van der Waals surface area contributed by atoms with Gasteiger partial charge >= 0.3 is 23.9 Å². The number of carbonyl (C=O) groups is 4. The van der Waals surface area contributed by atoms with E-state index in [0.717, 1.165) is 0 Å². The molecule has 0 saturated carbocycles. The molecule has 12 nitrogen and oxygen atoms in total. The Labute approximate surface area is 186 Å². The van der Waals surface area contributed by atoms with Crippen LogP contribution in [-0.4, -0.2) is 76.5 Å². The minimum Gasteiger partial charge on any atom is -0.465 e. The number of nitrogens with two attached hydrogens (primary N) is 1. The van der Waals surface area contributed by atoms with Crippen molar-refractivity contribution in [1.29, 1.82) is 0 Å². The highest BCUT2D eigenvalue weighted by Crippen LogP contribution is 2.22. The summed E-state index contributed by atoms with van der Waals surface area (Å²) in [6.45, 7) is 13.6. The summed E-state index contributed by atoms with van der Waals surface area (Å²) >= 11 is 0. The number of hydrogen-bond donors (Lipinski definition) is 1. The first-order chi connectivity index (χ1) is 15.3. The number of hydrogen-bond acceptors (Lipinski definition) is 9. The van der Waals surface area contributed by atoms with Crippen LogP contribution in [0.3, 0.4) is 0 Å². The summed E-state index contributed by atoms with van der Waals surface area (Å²) in [6, 6.07) is 0. The zero-order valence-corrected chi connectivity index (χ0v) is 17.9. The molecule has 0 aromatic rings. The van der Waals surface area contributed by atoms with Crippen LogP contribution in [0.15, 0.2) is 0 Å². The Balaban J connectivity index is 5.47. The van der Waals surface area contributed by atoms with Crippen LogP contribution in [0.5, 0.6) is 0 Å². The molecule has 12 heteroatoms. The van der Waals surface area contributed by atoms with Gasteiger partial charge in [-0.25, -0.2) is 0 Å². The van der Waals surface area contributed by atoms with E-state index in [2.05, 4.69) is 14.5 Å². The van der Waals surface area contributed by atoms with Gasteiger partial charge in [-0.15, -0.1) is 0 Å². The van der Waals surface area contributed by atoms with Crippen LogP contribution in [0.2, 0.25) is 0 Å². The van der Waals surface area contributed by atoms with Gasteiger partial charge < -0.3 is 24.7 Å². The third kappa shape index (κ3) is 13.5. The van der Waals surface area contributed by atoms with Gasteiger partial charge in [0.1, 0.15) is 51.1 Å². The first-order valence-corrected chi connectivity index (χ1v) is 9.75. The molecule has 0 rings (SSSR count). The van der Waals surface area contributed by atoms with Gasteiger partial charge in [-0.3, -0.25) is 19.2 Å². The van der Waals surface area contributed by atoms with Gasteiger partial charge in [-0.2, -0.15) is 0 Å². The average molecular weight is 453 g/mol. The molecule has 0 heterocycles. The van der Waals surface area contributed by atoms with Crippen molar-refractivity contribution in [3.63, 3.8) is 0 Å². The van der Waals surface area contributed by atoms with E-state index < -0.39 is 49.1 Å². The maximum Gasteiger partial charge on any atom is 0.313 e. The van der Waals surface area contributed by atoms with E-state index in [0.29, 0.717) is 0 Å². The molecular weight excluding hydrogens is 424 g/mol. The number of nitrogens with zero attached hydrogens (tertiary/aromatic N) is 3. The Morgan fingerprint density at radius 2 is 0.875 bits per heavy atom. The third-order valence-electron chi connectivity index (χ3n) is 3.84. The van der Waals surface area contributed by atoms with E-state index in [9.17, 15) is 19.2 Å². The zero-order valence-electron chi connectivity index (χ0n) is 17.9. The summed E-state index contributed by atoms with van der Waals surface area (Å²) in [7, 11) is 0. The summed E-state index contributed by atoms with van der Waals surface area (Å²) < 4.78 is 20.8. The van der Waals surface area contributed by atoms with E-state index in [4.69, 9.17) is 44.4 Å². The van der Waals surface area contributed by atoms with Crippen LogP contribution >= 0.6 is 0 Å². The molecule has 0 aliphatic carbocycles. The quantitative estimate of drug-likeness (QED) is 0.262. The van der Waals surface area contributed by atoms with Crippen molar-refractivity contribution in [1.82, 2.24) is 0 Å². The molecule has 2 N–H and O–H groups in total. The normalized spacial score (nSPS) is 10.1. The molecule has 174 valence electrons. The lowest BCUT2D eigenvalue weighted by Gasteiger charge is -2.31. The third-order valence-corrected chi connectivity index (χ3v) is 3.84. The lowest BCUT2D eigenvalue weighted by Crippen LogP contribution is -2.44. The van der Waals surface area contributed by atoms with Crippen molar-refractivity contribution < 1.29 is 38.1 Å². The van der Waals surface area contributed by atoms with E-state index in [1.807, 2.05) is 0 Å². The van der Waals surface area contributed by atoms with Crippen LogP contribution in [0.4, 0.5) is 0 Å². The standard InChI is InChI=1S/C20H29N4O8/c1-22-9-5-17(26)30-13-20(12-29-16(25)4-8-21,14-31-18(27)6-10-23-2)15-32-19(28)7-11-24-3/h1-3H,4-15,21H2/q+3. The van der Waals surface area contributed by atoms with Crippen molar-refractivity contribution in [2.45, 2.75) is 25.7 Å². The van der Waals surface area contributed by atoms with E-state index in [-0.39, 0.29) is 58.5 Å². The lowest BCUT2D eigenvalue weighted by atomic mass is 9.92. The molecule has 0 aliphatic rings. The molecule has 0 aliphatic heterocycles. The number of carbonyl (C=O) groups excluding carboxylic acids is 4. The maximum atomic E-state index is 11.9. The average Bonchev–Trinajstić information content (AvgIpc) is 2.79. The minimum atomic E-state index is -1.38. The first-order valence-electron chi connectivity index (χ1n) is 9.75. The number of ether oxygens (including phenoxy) is 4. The summed E-state index contributed by atoms with van der Waals surface area (Å²) in [6.07, 6.45) is -0.372. The molecule has 0 bridgehead atoms. The second-order valence-electron chi connectivity index (χ2n) is 6.65. The lowest BCUT2D eigenvalue weighted by molar-refractivity contribution is -0.170. The smallest absolute Gasteiger partial charge is 0.313 e. The highest BCUT2D eigenvalue weighted by molar-refractivity contribution is 5.71. The first kappa shape index (κ1) is 28.3. The van der Waals surface area contributed by atoms with Crippen molar-refractivity contribution in [2.75, 3.05) is 52.6 Å². The van der Waals surface area contributed by atoms with Gasteiger partial charge in [-0.05, 0) is 0 Å². The van der Waals surface area contributed by atoms with Crippen molar-refractivity contribution in [3.05, 3.63) is 14.5 Å². The van der Waals surface area contributed by atoms with Gasteiger partial charge in [0.25, 0.3) is 39.4 Å². The fraction of sp³-hybridized carbons (Fsp3) is 0.650. The summed E-state index contributed by atoms with van der Waals surface area (Å²) in [5.74, 6) is -2.60. The van der Waals surface area contributed by atoms with E-state index >= 15 is 0 Å². The Morgan fingerprint density at radius 3 is 1.12 bits per heavy atom. The van der Waals surface area contributed by atoms with Crippen LogP contribution in [0.25, 0.3) is 14.5 Å². The van der Waals surface area contributed by atoms with Crippen LogP contribution in [-0.2, 0) is 38.1 Å². The molecule has 32 heavy (non-hydrogen) atoms. The highest BCUT2D eigenvalue weighted by atomic mass is 16.6. The highest BCUT2D eigenvalue weighted by Gasteiger charge is 2.38. The fourth-order valence-corrected chi connectivity index (χ4v) is 2.06. The zero-order chi connectivity index (χ0) is 24.2. The summed E-state index contributed by atoms with van der Waals surface area (Å²) in [5.41, 5.74) is 3.95. The second-order valence-corrected chi connectivity index (χ2v) is 6.65. The molecule has 0 radical (unpaired) electrons. The summed E-state index contributed by atoms with van der Waals surface area (Å²) in [5, 5.41) is 0. The van der Waals surface area contributed by atoms with Crippen molar-refractivity contribution in [2.24, 2.45) is 11.1 Å². The molecule has 0 spiro atoms. The molecule has 0 unspecified atom stereocenters. The Kier molecular flexibility index (Phi) is 15.1. The molecular formula is C20H29N4O8+3. The minimum absolute atomic E-state index is 0.0342. The van der Waals surface area contributed by atoms with Crippen molar-refractivity contribution >= 4 is 23.9 Å². The number of esters is 4. The Morgan fingerprint density at radius 1 is 0.594 bits per heavy atom. The van der Waals surface area contributed by atoms with Gasteiger partial charge in [0.05, 0.1) is 6.42 Å².